The zero-order valence-electron chi connectivity index (χ0n) is 11.1. The van der Waals surface area contributed by atoms with E-state index < -0.39 is 0 Å². The molecule has 2 aromatic rings. The van der Waals surface area contributed by atoms with Gasteiger partial charge in [0, 0.05) is 27.2 Å². The van der Waals surface area contributed by atoms with Crippen LogP contribution in [0.5, 0.6) is 0 Å². The van der Waals surface area contributed by atoms with Crippen molar-refractivity contribution in [2.45, 2.75) is 25.8 Å². The average molecular weight is 421 g/mol. The lowest BCUT2D eigenvalue weighted by atomic mass is 10.0. The van der Waals surface area contributed by atoms with Gasteiger partial charge in [-0.15, -0.1) is 11.3 Å². The Labute approximate surface area is 139 Å². The van der Waals surface area contributed by atoms with E-state index in [9.17, 15) is 4.39 Å². The van der Waals surface area contributed by atoms with Crippen molar-refractivity contribution < 1.29 is 4.39 Å². The third kappa shape index (κ3) is 4.38. The van der Waals surface area contributed by atoms with Gasteiger partial charge in [0.05, 0.1) is 4.47 Å². The van der Waals surface area contributed by atoms with Gasteiger partial charge in [0.1, 0.15) is 5.82 Å². The van der Waals surface area contributed by atoms with Crippen LogP contribution >= 0.6 is 43.2 Å². The predicted molar refractivity (Wildman–Crippen MR) is 90.9 cm³/mol. The number of nitrogens with one attached hydrogen (secondary N) is 1. The Morgan fingerprint density at radius 2 is 2.10 bits per heavy atom. The van der Waals surface area contributed by atoms with Crippen LogP contribution in [0.2, 0.25) is 0 Å². The van der Waals surface area contributed by atoms with Crippen LogP contribution in [0.4, 0.5) is 4.39 Å². The van der Waals surface area contributed by atoms with E-state index in [2.05, 4.69) is 55.5 Å². The minimum Gasteiger partial charge on any atom is -0.310 e. The maximum Gasteiger partial charge on any atom is 0.137 e. The molecule has 0 amide bonds. The van der Waals surface area contributed by atoms with Crippen LogP contribution in [-0.4, -0.2) is 6.54 Å². The highest BCUT2D eigenvalue weighted by Crippen LogP contribution is 2.27. The molecule has 108 valence electrons. The van der Waals surface area contributed by atoms with Crippen molar-refractivity contribution >= 4 is 43.2 Å². The molecule has 1 aromatic heterocycles. The lowest BCUT2D eigenvalue weighted by molar-refractivity contribution is 0.530. The van der Waals surface area contributed by atoms with E-state index in [0.717, 1.165) is 29.4 Å². The molecule has 2 rings (SSSR count). The molecule has 0 radical (unpaired) electrons. The SMILES string of the molecule is CCCNC(Cc1cc(Br)cs1)c1ccc(F)c(Br)c1. The molecule has 0 aliphatic heterocycles. The summed E-state index contributed by atoms with van der Waals surface area (Å²) in [7, 11) is 0. The molecule has 0 aliphatic carbocycles. The van der Waals surface area contributed by atoms with Crippen LogP contribution in [0.3, 0.4) is 0 Å². The van der Waals surface area contributed by atoms with Crippen molar-refractivity contribution in [3.63, 3.8) is 0 Å². The Morgan fingerprint density at radius 3 is 2.70 bits per heavy atom. The summed E-state index contributed by atoms with van der Waals surface area (Å²) in [5, 5.41) is 5.63. The first kappa shape index (κ1) is 16.1. The zero-order valence-corrected chi connectivity index (χ0v) is 15.1. The third-order valence-corrected chi connectivity index (χ3v) is 5.34. The van der Waals surface area contributed by atoms with E-state index in [4.69, 9.17) is 0 Å². The topological polar surface area (TPSA) is 12.0 Å². The van der Waals surface area contributed by atoms with E-state index >= 15 is 0 Å². The lowest BCUT2D eigenvalue weighted by Gasteiger charge is -2.19. The van der Waals surface area contributed by atoms with Gasteiger partial charge in [0.15, 0.2) is 0 Å². The third-order valence-electron chi connectivity index (χ3n) is 3.01. The van der Waals surface area contributed by atoms with Gasteiger partial charge in [0.2, 0.25) is 0 Å². The summed E-state index contributed by atoms with van der Waals surface area (Å²) >= 11 is 8.49. The fourth-order valence-corrected chi connectivity index (χ4v) is 3.91. The maximum absolute atomic E-state index is 13.4. The van der Waals surface area contributed by atoms with Crippen LogP contribution < -0.4 is 5.32 Å². The monoisotopic (exact) mass is 419 g/mol. The number of thiophene rings is 1. The lowest BCUT2D eigenvalue weighted by Crippen LogP contribution is -2.23. The van der Waals surface area contributed by atoms with E-state index in [1.807, 2.05) is 12.1 Å². The molecule has 0 saturated heterocycles. The molecule has 1 unspecified atom stereocenters. The first-order chi connectivity index (χ1) is 9.60. The number of halogens is 3. The van der Waals surface area contributed by atoms with Gasteiger partial charge < -0.3 is 5.32 Å². The van der Waals surface area contributed by atoms with Crippen LogP contribution in [-0.2, 0) is 6.42 Å². The van der Waals surface area contributed by atoms with E-state index in [1.165, 1.54) is 10.9 Å². The van der Waals surface area contributed by atoms with Crippen molar-refractivity contribution in [2.75, 3.05) is 6.54 Å². The first-order valence-corrected chi connectivity index (χ1v) is 8.98. The van der Waals surface area contributed by atoms with E-state index in [-0.39, 0.29) is 11.9 Å². The number of hydrogen-bond acceptors (Lipinski definition) is 2. The molecule has 20 heavy (non-hydrogen) atoms. The number of rotatable bonds is 6. The minimum absolute atomic E-state index is 0.206. The molecule has 0 bridgehead atoms. The largest absolute Gasteiger partial charge is 0.310 e. The number of benzene rings is 1. The van der Waals surface area contributed by atoms with Crippen LogP contribution in [0.25, 0.3) is 0 Å². The summed E-state index contributed by atoms with van der Waals surface area (Å²) in [4.78, 5) is 1.31. The highest BCUT2D eigenvalue weighted by Gasteiger charge is 2.14. The normalized spacial score (nSPS) is 12.6. The van der Waals surface area contributed by atoms with Gasteiger partial charge in [-0.3, -0.25) is 0 Å². The average Bonchev–Trinajstić information content (AvgIpc) is 2.83. The first-order valence-electron chi connectivity index (χ1n) is 6.51. The quantitative estimate of drug-likeness (QED) is 0.632. The van der Waals surface area contributed by atoms with Gasteiger partial charge in [-0.1, -0.05) is 13.0 Å². The Balaban J connectivity index is 2.19. The van der Waals surface area contributed by atoms with Crippen molar-refractivity contribution in [3.05, 3.63) is 54.8 Å². The molecule has 0 spiro atoms. The summed E-state index contributed by atoms with van der Waals surface area (Å²) < 4.78 is 15.0. The highest BCUT2D eigenvalue weighted by atomic mass is 79.9. The standard InChI is InChI=1S/C15H16Br2FNS/c1-2-5-19-15(8-12-7-11(16)9-20-12)10-3-4-14(18)13(17)6-10/h3-4,6-7,9,15,19H,2,5,8H2,1H3. The van der Waals surface area contributed by atoms with Crippen molar-refractivity contribution in [1.29, 1.82) is 0 Å². The predicted octanol–water partition coefficient (Wildman–Crippen LogP) is 5.70. The maximum atomic E-state index is 13.4. The van der Waals surface area contributed by atoms with Crippen LogP contribution in [0.1, 0.15) is 29.8 Å². The molecule has 5 heteroatoms. The zero-order chi connectivity index (χ0) is 14.5. The fraction of sp³-hybridized carbons (Fsp3) is 0.333. The molecule has 1 N–H and O–H groups in total. The van der Waals surface area contributed by atoms with Crippen molar-refractivity contribution in [2.24, 2.45) is 0 Å². The molecular weight excluding hydrogens is 405 g/mol. The second-order valence-electron chi connectivity index (χ2n) is 4.62. The second-order valence-corrected chi connectivity index (χ2v) is 7.38. The van der Waals surface area contributed by atoms with Gasteiger partial charge in [-0.25, -0.2) is 4.39 Å². The molecule has 1 aromatic carbocycles. The Hall–Kier alpha value is -0.230. The molecule has 1 nitrogen and oxygen atoms in total. The Kier molecular flexibility index (Phi) is 6.20. The van der Waals surface area contributed by atoms with Gasteiger partial charge in [0.25, 0.3) is 0 Å². The summed E-state index contributed by atoms with van der Waals surface area (Å²) in [6.45, 7) is 3.10. The molecule has 1 heterocycles. The molecule has 0 saturated carbocycles. The Morgan fingerprint density at radius 1 is 1.30 bits per heavy atom. The second kappa shape index (κ2) is 7.69. The fourth-order valence-electron chi connectivity index (χ4n) is 2.02. The van der Waals surface area contributed by atoms with Crippen molar-refractivity contribution in [3.8, 4) is 0 Å². The summed E-state index contributed by atoms with van der Waals surface area (Å²) in [6.07, 6.45) is 1.99. The van der Waals surface area contributed by atoms with Gasteiger partial charge >= 0.3 is 0 Å². The summed E-state index contributed by atoms with van der Waals surface area (Å²) in [5.74, 6) is -0.221. The molecule has 1 atom stereocenters. The van der Waals surface area contributed by atoms with E-state index in [0.29, 0.717) is 4.47 Å². The minimum atomic E-state index is -0.221. The molecule has 0 fully saturated rings. The smallest absolute Gasteiger partial charge is 0.137 e. The highest BCUT2D eigenvalue weighted by molar-refractivity contribution is 9.10. The van der Waals surface area contributed by atoms with Crippen LogP contribution in [0, 0.1) is 5.82 Å². The molecule has 0 aliphatic rings. The summed E-state index contributed by atoms with van der Waals surface area (Å²) in [5.41, 5.74) is 1.11. The summed E-state index contributed by atoms with van der Waals surface area (Å²) in [6, 6.07) is 7.59. The van der Waals surface area contributed by atoms with Gasteiger partial charge in [-0.05, 0) is 68.6 Å². The van der Waals surface area contributed by atoms with Gasteiger partial charge in [-0.2, -0.15) is 0 Å². The Bertz CT molecular complexity index is 571. The molecular formula is C15H16Br2FNS. The van der Waals surface area contributed by atoms with Crippen LogP contribution in [0.15, 0.2) is 38.6 Å². The van der Waals surface area contributed by atoms with E-state index in [1.54, 1.807) is 11.3 Å². The van der Waals surface area contributed by atoms with Crippen molar-refractivity contribution in [1.82, 2.24) is 5.32 Å². The number of hydrogen-bond donors (Lipinski definition) is 1.